The Bertz CT molecular complexity index is 1380. The lowest BCUT2D eigenvalue weighted by Gasteiger charge is -2.27. The predicted octanol–water partition coefficient (Wildman–Crippen LogP) is 6.58. The number of carbonyl (C=O) groups excluding carboxylic acids is 2. The highest BCUT2D eigenvalue weighted by Gasteiger charge is 2.27. The summed E-state index contributed by atoms with van der Waals surface area (Å²) in [7, 11) is 1.56. The number of carbonyl (C=O) groups is 2. The second kappa shape index (κ2) is 10.9. The summed E-state index contributed by atoms with van der Waals surface area (Å²) in [5.41, 5.74) is 3.65. The number of phenolic OH excluding ortho intramolecular Hbond substituents is 1. The average molecular weight is 520 g/mol. The van der Waals surface area contributed by atoms with E-state index in [1.165, 1.54) is 17.7 Å². The van der Waals surface area contributed by atoms with Crippen molar-refractivity contribution in [2.45, 2.75) is 59.3 Å². The van der Waals surface area contributed by atoms with Crippen LogP contribution in [-0.4, -0.2) is 24.1 Å². The Morgan fingerprint density at radius 2 is 1.79 bits per heavy atom. The van der Waals surface area contributed by atoms with Gasteiger partial charge in [0.15, 0.2) is 11.6 Å². The number of phenols is 1. The molecule has 6 nitrogen and oxygen atoms in total. The van der Waals surface area contributed by atoms with E-state index >= 15 is 0 Å². The van der Waals surface area contributed by atoms with Crippen molar-refractivity contribution in [2.75, 3.05) is 12.4 Å². The minimum Gasteiger partial charge on any atom is -0.505 e. The van der Waals surface area contributed by atoms with Crippen LogP contribution in [0.2, 0.25) is 0 Å². The number of rotatable bonds is 6. The van der Waals surface area contributed by atoms with E-state index in [0.29, 0.717) is 17.2 Å². The number of methoxy groups -OCH3 is 1. The van der Waals surface area contributed by atoms with E-state index in [4.69, 9.17) is 9.47 Å². The fraction of sp³-hybridized carbons (Fsp3) is 0.355. The molecule has 0 aromatic heterocycles. The molecule has 0 saturated heterocycles. The van der Waals surface area contributed by atoms with Gasteiger partial charge in [-0.15, -0.1) is 0 Å². The first-order valence-electron chi connectivity index (χ1n) is 12.9. The average Bonchev–Trinajstić information content (AvgIpc) is 2.89. The summed E-state index contributed by atoms with van der Waals surface area (Å²) in [6, 6.07) is 14.0. The minimum atomic E-state index is -0.776. The molecule has 0 spiro atoms. The van der Waals surface area contributed by atoms with Crippen molar-refractivity contribution in [3.05, 3.63) is 82.2 Å². The number of esters is 1. The molecule has 38 heavy (non-hydrogen) atoms. The van der Waals surface area contributed by atoms with Crippen LogP contribution in [0.25, 0.3) is 0 Å². The van der Waals surface area contributed by atoms with Crippen LogP contribution in [0.1, 0.15) is 72.6 Å². The molecule has 0 saturated carbocycles. The van der Waals surface area contributed by atoms with Crippen LogP contribution in [0.15, 0.2) is 48.5 Å². The summed E-state index contributed by atoms with van der Waals surface area (Å²) in [4.78, 5) is 25.5. The van der Waals surface area contributed by atoms with Gasteiger partial charge in [0, 0.05) is 22.9 Å². The van der Waals surface area contributed by atoms with Crippen molar-refractivity contribution in [3.8, 4) is 17.2 Å². The number of hydrogen-bond donors (Lipinski definition) is 2. The largest absolute Gasteiger partial charge is 0.505 e. The number of halogens is 1. The van der Waals surface area contributed by atoms with Crippen molar-refractivity contribution in [2.24, 2.45) is 5.41 Å². The molecule has 0 fully saturated rings. The molecule has 1 aliphatic carbocycles. The highest BCUT2D eigenvalue weighted by atomic mass is 19.1. The number of hydrogen-bond acceptors (Lipinski definition) is 5. The molecule has 1 amide bonds. The van der Waals surface area contributed by atoms with Crippen LogP contribution < -0.4 is 14.8 Å². The number of fused-ring (bicyclic) bond motifs is 1. The highest BCUT2D eigenvalue weighted by molar-refractivity contribution is 6.06. The van der Waals surface area contributed by atoms with Gasteiger partial charge in [0.25, 0.3) is 5.91 Å². The van der Waals surface area contributed by atoms with Crippen LogP contribution >= 0.6 is 0 Å². The number of ether oxygens (including phenoxy) is 2. The first kappa shape index (κ1) is 27.2. The number of benzene rings is 3. The molecule has 1 aliphatic rings. The highest BCUT2D eigenvalue weighted by Crippen LogP contribution is 2.39. The summed E-state index contributed by atoms with van der Waals surface area (Å²) in [5, 5.41) is 12.7. The molecule has 1 unspecified atom stereocenters. The van der Waals surface area contributed by atoms with Crippen molar-refractivity contribution in [1.82, 2.24) is 0 Å². The number of anilines is 1. The van der Waals surface area contributed by atoms with Gasteiger partial charge in [-0.3, -0.25) is 9.59 Å². The Hall–Kier alpha value is -3.87. The summed E-state index contributed by atoms with van der Waals surface area (Å²) >= 11 is 0. The molecule has 0 heterocycles. The summed E-state index contributed by atoms with van der Waals surface area (Å²) in [6.45, 7) is 7.21. The molecular formula is C31H34FNO5. The second-order valence-corrected chi connectivity index (χ2v) is 10.7. The van der Waals surface area contributed by atoms with Gasteiger partial charge in [0.2, 0.25) is 0 Å². The normalized spacial score (nSPS) is 14.9. The van der Waals surface area contributed by atoms with E-state index in [-0.39, 0.29) is 29.4 Å². The topological polar surface area (TPSA) is 84.9 Å². The molecule has 3 aromatic carbocycles. The summed E-state index contributed by atoms with van der Waals surface area (Å²) in [6.07, 6.45) is 2.66. The van der Waals surface area contributed by atoms with E-state index in [1.54, 1.807) is 20.1 Å². The zero-order valence-electron chi connectivity index (χ0n) is 22.5. The summed E-state index contributed by atoms with van der Waals surface area (Å²) < 4.78 is 25.5. The zero-order chi connectivity index (χ0) is 27.6. The Balaban J connectivity index is 1.59. The van der Waals surface area contributed by atoms with Crippen LogP contribution in [0.5, 0.6) is 17.2 Å². The standard InChI is InChI=1S/C31H34FNO5/c1-6-23-25(13-14-27(34)28(23)32)29(35)33-26-17-21(37-5)11-12-24(26)20-8-7-19-16-22(10-9-18(19)15-20)38-30(36)31(2,3)4/h9-14,16-17,20,34H,6-8,15H2,1-5H3,(H,33,35). The van der Waals surface area contributed by atoms with E-state index in [9.17, 15) is 19.1 Å². The number of amides is 1. The van der Waals surface area contributed by atoms with E-state index in [1.807, 2.05) is 51.1 Å². The minimum absolute atomic E-state index is 0.133. The molecule has 0 aliphatic heterocycles. The molecule has 7 heteroatoms. The molecule has 0 radical (unpaired) electrons. The molecule has 0 bridgehead atoms. The third-order valence-electron chi connectivity index (χ3n) is 7.00. The van der Waals surface area contributed by atoms with Crippen molar-refractivity contribution >= 4 is 17.6 Å². The maximum absolute atomic E-state index is 14.5. The van der Waals surface area contributed by atoms with Gasteiger partial charge in [-0.05, 0) is 99.4 Å². The zero-order valence-corrected chi connectivity index (χ0v) is 22.5. The molecular weight excluding hydrogens is 485 g/mol. The van der Waals surface area contributed by atoms with Gasteiger partial charge >= 0.3 is 5.97 Å². The van der Waals surface area contributed by atoms with Crippen molar-refractivity contribution in [3.63, 3.8) is 0 Å². The molecule has 3 aromatic rings. The lowest BCUT2D eigenvalue weighted by molar-refractivity contribution is -0.143. The van der Waals surface area contributed by atoms with Crippen LogP contribution in [0.4, 0.5) is 10.1 Å². The van der Waals surface area contributed by atoms with E-state index in [2.05, 4.69) is 5.32 Å². The lowest BCUT2D eigenvalue weighted by Crippen LogP contribution is -2.25. The Morgan fingerprint density at radius 3 is 2.47 bits per heavy atom. The van der Waals surface area contributed by atoms with Gasteiger partial charge < -0.3 is 19.9 Å². The monoisotopic (exact) mass is 519 g/mol. The molecule has 4 rings (SSSR count). The van der Waals surface area contributed by atoms with Crippen molar-refractivity contribution in [1.29, 1.82) is 0 Å². The van der Waals surface area contributed by atoms with Gasteiger partial charge in [-0.25, -0.2) is 4.39 Å². The first-order chi connectivity index (χ1) is 18.0. The maximum atomic E-state index is 14.5. The van der Waals surface area contributed by atoms with Crippen LogP contribution in [0, 0.1) is 11.2 Å². The second-order valence-electron chi connectivity index (χ2n) is 10.7. The third kappa shape index (κ3) is 5.67. The lowest BCUT2D eigenvalue weighted by atomic mass is 9.79. The van der Waals surface area contributed by atoms with Gasteiger partial charge in [0.05, 0.1) is 12.5 Å². The van der Waals surface area contributed by atoms with Crippen LogP contribution in [0.3, 0.4) is 0 Å². The molecule has 2 N–H and O–H groups in total. The summed E-state index contributed by atoms with van der Waals surface area (Å²) in [5.74, 6) is -0.694. The van der Waals surface area contributed by atoms with Gasteiger partial charge in [0.1, 0.15) is 11.5 Å². The number of aromatic hydroxyl groups is 1. The third-order valence-corrected chi connectivity index (χ3v) is 7.00. The SMILES string of the molecule is CCc1c(C(=O)Nc2cc(OC)ccc2C2CCc3cc(OC(=O)C(C)(C)C)ccc3C2)ccc(O)c1F. The fourth-order valence-electron chi connectivity index (χ4n) is 4.80. The Kier molecular flexibility index (Phi) is 7.76. The first-order valence-corrected chi connectivity index (χ1v) is 12.9. The fourth-order valence-corrected chi connectivity index (χ4v) is 4.80. The number of nitrogens with one attached hydrogen (secondary N) is 1. The molecule has 200 valence electrons. The smallest absolute Gasteiger partial charge is 0.316 e. The molecule has 1 atom stereocenters. The maximum Gasteiger partial charge on any atom is 0.316 e. The van der Waals surface area contributed by atoms with Gasteiger partial charge in [-0.1, -0.05) is 19.1 Å². The van der Waals surface area contributed by atoms with E-state index < -0.39 is 22.9 Å². The van der Waals surface area contributed by atoms with Gasteiger partial charge in [-0.2, -0.15) is 0 Å². The van der Waals surface area contributed by atoms with Crippen molar-refractivity contribution < 1.29 is 28.6 Å². The quantitative estimate of drug-likeness (QED) is 0.284. The predicted molar refractivity (Wildman–Crippen MR) is 145 cm³/mol. The Labute approximate surface area is 222 Å². The van der Waals surface area contributed by atoms with Crippen LogP contribution in [-0.2, 0) is 24.1 Å². The van der Waals surface area contributed by atoms with E-state index in [0.717, 1.165) is 30.4 Å². The number of aryl methyl sites for hydroxylation is 1. The Morgan fingerprint density at radius 1 is 1.05 bits per heavy atom.